The number of nitrogens with zero attached hydrogens (tertiary/aromatic N) is 1. The Bertz CT molecular complexity index is 798. The summed E-state index contributed by atoms with van der Waals surface area (Å²) in [4.78, 5) is 24.7. The monoisotopic (exact) mass is 363 g/mol. The van der Waals surface area contributed by atoms with Crippen LogP contribution in [-0.2, 0) is 14.8 Å². The summed E-state index contributed by atoms with van der Waals surface area (Å²) < 4.78 is 24.7. The summed E-state index contributed by atoms with van der Waals surface area (Å²) in [7, 11) is -3.33. The fourth-order valence-corrected chi connectivity index (χ4v) is 3.62. The van der Waals surface area contributed by atoms with Gasteiger partial charge < -0.3 is 10.6 Å². The Hall–Kier alpha value is -2.37. The summed E-state index contributed by atoms with van der Waals surface area (Å²) in [5, 5.41) is 5.29. The van der Waals surface area contributed by atoms with Crippen LogP contribution in [-0.4, -0.2) is 50.4 Å². The zero-order chi connectivity index (χ0) is 18.4. The van der Waals surface area contributed by atoms with E-state index in [0.717, 1.165) is 6.26 Å². The van der Waals surface area contributed by atoms with Crippen molar-refractivity contribution >= 4 is 27.5 Å². The maximum absolute atomic E-state index is 12.5. The lowest BCUT2D eigenvalue weighted by atomic mass is 9.98. The zero-order valence-corrected chi connectivity index (χ0v) is 14.8. The highest BCUT2D eigenvalue weighted by Gasteiger charge is 2.30. The zero-order valence-electron chi connectivity index (χ0n) is 14.0. The van der Waals surface area contributed by atoms with E-state index in [9.17, 15) is 18.0 Å². The van der Waals surface area contributed by atoms with Crippen molar-refractivity contribution in [1.82, 2.24) is 9.62 Å². The number of benzene rings is 1. The standard InChI is InChI=1S/C17H21N3O4S/c1-3-10-18-17(22)14-8-4-5-9-15(14)19-16(21)13-7-6-11-20(12-13)25(2,23)24/h1,4-5,8-9,13H,6-7,10-12H2,2H3,(H,18,22)(H,19,21). The van der Waals surface area contributed by atoms with Crippen LogP contribution in [0.2, 0.25) is 0 Å². The van der Waals surface area contributed by atoms with Crippen LogP contribution >= 0.6 is 0 Å². The molecule has 0 aliphatic carbocycles. The molecule has 1 heterocycles. The average Bonchev–Trinajstić information content (AvgIpc) is 2.59. The van der Waals surface area contributed by atoms with Crippen molar-refractivity contribution in [3.8, 4) is 12.3 Å². The number of nitrogens with one attached hydrogen (secondary N) is 2. The van der Waals surface area contributed by atoms with Gasteiger partial charge in [-0.05, 0) is 25.0 Å². The van der Waals surface area contributed by atoms with Gasteiger partial charge in [0.2, 0.25) is 15.9 Å². The van der Waals surface area contributed by atoms with Crippen LogP contribution in [0.1, 0.15) is 23.2 Å². The van der Waals surface area contributed by atoms with E-state index in [-0.39, 0.29) is 24.9 Å². The lowest BCUT2D eigenvalue weighted by molar-refractivity contribution is -0.120. The van der Waals surface area contributed by atoms with Crippen molar-refractivity contribution in [2.75, 3.05) is 31.2 Å². The van der Waals surface area contributed by atoms with Crippen LogP contribution in [0.25, 0.3) is 0 Å². The predicted molar refractivity (Wildman–Crippen MR) is 95.4 cm³/mol. The van der Waals surface area contributed by atoms with E-state index >= 15 is 0 Å². The third kappa shape index (κ3) is 5.05. The van der Waals surface area contributed by atoms with Crippen LogP contribution in [0, 0.1) is 18.3 Å². The van der Waals surface area contributed by atoms with Gasteiger partial charge in [-0.3, -0.25) is 9.59 Å². The quantitative estimate of drug-likeness (QED) is 0.751. The normalized spacial score (nSPS) is 18.2. The summed E-state index contributed by atoms with van der Waals surface area (Å²) in [6.45, 7) is 0.664. The number of hydrogen-bond donors (Lipinski definition) is 2. The molecule has 1 unspecified atom stereocenters. The molecule has 2 rings (SSSR count). The molecule has 1 fully saturated rings. The molecule has 8 heteroatoms. The van der Waals surface area contributed by atoms with Crippen LogP contribution in [0.3, 0.4) is 0 Å². The van der Waals surface area contributed by atoms with Crippen LogP contribution < -0.4 is 10.6 Å². The van der Waals surface area contributed by atoms with Crippen molar-refractivity contribution < 1.29 is 18.0 Å². The number of rotatable bonds is 5. The molecule has 134 valence electrons. The van der Waals surface area contributed by atoms with Crippen molar-refractivity contribution in [3.05, 3.63) is 29.8 Å². The third-order valence-corrected chi connectivity index (χ3v) is 5.27. The minimum Gasteiger partial charge on any atom is -0.341 e. The van der Waals surface area contributed by atoms with Gasteiger partial charge in [-0.1, -0.05) is 18.1 Å². The van der Waals surface area contributed by atoms with E-state index in [0.29, 0.717) is 30.6 Å². The molecule has 2 N–H and O–H groups in total. The molecule has 1 aliphatic heterocycles. The Labute approximate surface area is 147 Å². The van der Waals surface area contributed by atoms with Crippen molar-refractivity contribution in [1.29, 1.82) is 0 Å². The molecule has 0 saturated carbocycles. The number of carbonyl (C=O) groups excluding carboxylic acids is 2. The average molecular weight is 363 g/mol. The van der Waals surface area contributed by atoms with E-state index in [4.69, 9.17) is 6.42 Å². The summed E-state index contributed by atoms with van der Waals surface area (Å²) in [5.74, 6) is 1.18. The first-order valence-electron chi connectivity index (χ1n) is 7.89. The Morgan fingerprint density at radius 3 is 2.76 bits per heavy atom. The molecule has 1 atom stereocenters. The van der Waals surface area contributed by atoms with Gasteiger partial charge in [-0.2, -0.15) is 0 Å². The molecule has 1 aliphatic rings. The van der Waals surface area contributed by atoms with E-state index in [1.165, 1.54) is 4.31 Å². The van der Waals surface area contributed by atoms with E-state index < -0.39 is 15.9 Å². The first-order valence-corrected chi connectivity index (χ1v) is 9.74. The highest BCUT2D eigenvalue weighted by molar-refractivity contribution is 7.88. The SMILES string of the molecule is C#CCNC(=O)c1ccccc1NC(=O)C1CCCN(S(C)(=O)=O)C1. The van der Waals surface area contributed by atoms with Gasteiger partial charge in [0.15, 0.2) is 0 Å². The van der Waals surface area contributed by atoms with E-state index in [2.05, 4.69) is 16.6 Å². The largest absolute Gasteiger partial charge is 0.341 e. The molecule has 25 heavy (non-hydrogen) atoms. The Morgan fingerprint density at radius 1 is 1.36 bits per heavy atom. The van der Waals surface area contributed by atoms with Gasteiger partial charge in [0.1, 0.15) is 0 Å². The molecule has 7 nitrogen and oxygen atoms in total. The highest BCUT2D eigenvalue weighted by Crippen LogP contribution is 2.22. The number of hydrogen-bond acceptors (Lipinski definition) is 4. The third-order valence-electron chi connectivity index (χ3n) is 4.00. The van der Waals surface area contributed by atoms with Gasteiger partial charge in [0.25, 0.3) is 5.91 Å². The van der Waals surface area contributed by atoms with Crippen LogP contribution in [0.15, 0.2) is 24.3 Å². The minimum atomic E-state index is -3.33. The summed E-state index contributed by atoms with van der Waals surface area (Å²) in [6, 6.07) is 6.61. The van der Waals surface area contributed by atoms with Gasteiger partial charge in [-0.15, -0.1) is 6.42 Å². The number of anilines is 1. The topological polar surface area (TPSA) is 95.6 Å². The molecule has 0 bridgehead atoms. The maximum Gasteiger partial charge on any atom is 0.254 e. The molecular weight excluding hydrogens is 342 g/mol. The molecule has 2 amide bonds. The molecule has 1 saturated heterocycles. The van der Waals surface area contributed by atoms with Crippen LogP contribution in [0.4, 0.5) is 5.69 Å². The number of carbonyl (C=O) groups is 2. The number of terminal acetylenes is 1. The first kappa shape index (κ1) is 19.0. The lowest BCUT2D eigenvalue weighted by Gasteiger charge is -2.30. The van der Waals surface area contributed by atoms with Gasteiger partial charge in [-0.25, -0.2) is 12.7 Å². The summed E-state index contributed by atoms with van der Waals surface area (Å²) in [6.07, 6.45) is 7.49. The van der Waals surface area contributed by atoms with E-state index in [1.54, 1.807) is 24.3 Å². The number of piperidine rings is 1. The molecule has 0 aromatic heterocycles. The molecule has 1 aromatic carbocycles. The van der Waals surface area contributed by atoms with Gasteiger partial charge >= 0.3 is 0 Å². The second-order valence-corrected chi connectivity index (χ2v) is 7.86. The van der Waals surface area contributed by atoms with Gasteiger partial charge in [0.05, 0.1) is 30.0 Å². The van der Waals surface area contributed by atoms with Crippen molar-refractivity contribution in [2.24, 2.45) is 5.92 Å². The molecule has 0 radical (unpaired) electrons. The fourth-order valence-electron chi connectivity index (χ4n) is 2.71. The fraction of sp³-hybridized carbons (Fsp3) is 0.412. The van der Waals surface area contributed by atoms with Gasteiger partial charge in [0, 0.05) is 13.1 Å². The molecular formula is C17H21N3O4S. The smallest absolute Gasteiger partial charge is 0.254 e. The minimum absolute atomic E-state index is 0.0903. The number of sulfonamides is 1. The van der Waals surface area contributed by atoms with E-state index in [1.807, 2.05) is 0 Å². The lowest BCUT2D eigenvalue weighted by Crippen LogP contribution is -2.43. The molecule has 0 spiro atoms. The summed E-state index contributed by atoms with van der Waals surface area (Å²) >= 11 is 0. The van der Waals surface area contributed by atoms with Crippen molar-refractivity contribution in [3.63, 3.8) is 0 Å². The first-order chi connectivity index (χ1) is 11.8. The van der Waals surface area contributed by atoms with Crippen molar-refractivity contribution in [2.45, 2.75) is 12.8 Å². The van der Waals surface area contributed by atoms with Crippen LogP contribution in [0.5, 0.6) is 0 Å². The molecule has 1 aromatic rings. The Kier molecular flexibility index (Phi) is 6.17. The predicted octanol–water partition coefficient (Wildman–Crippen LogP) is 0.660. The second kappa shape index (κ2) is 8.14. The number of para-hydroxylation sites is 1. The second-order valence-electron chi connectivity index (χ2n) is 5.88. The summed E-state index contributed by atoms with van der Waals surface area (Å²) in [5.41, 5.74) is 0.681. The highest BCUT2D eigenvalue weighted by atomic mass is 32.2. The Balaban J connectivity index is 2.10. The number of amides is 2. The Morgan fingerprint density at radius 2 is 2.08 bits per heavy atom. The maximum atomic E-state index is 12.5.